The second kappa shape index (κ2) is 7.52. The van der Waals surface area contributed by atoms with Crippen LogP contribution in [0.1, 0.15) is 37.9 Å². The van der Waals surface area contributed by atoms with Crippen LogP contribution in [0.25, 0.3) is 0 Å². The summed E-state index contributed by atoms with van der Waals surface area (Å²) in [5, 5.41) is 13.0. The Hall–Kier alpha value is -1.46. The van der Waals surface area contributed by atoms with Crippen molar-refractivity contribution in [2.75, 3.05) is 13.2 Å². The summed E-state index contributed by atoms with van der Waals surface area (Å²) >= 11 is 0. The molecule has 1 fully saturated rings. The van der Waals surface area contributed by atoms with E-state index < -0.39 is 6.10 Å². The maximum atomic E-state index is 12.8. The molecule has 0 bridgehead atoms. The van der Waals surface area contributed by atoms with Crippen LogP contribution in [-0.4, -0.2) is 30.3 Å². The van der Waals surface area contributed by atoms with Gasteiger partial charge >= 0.3 is 0 Å². The molecule has 1 aliphatic heterocycles. The molecule has 3 unspecified atom stereocenters. The highest BCUT2D eigenvalue weighted by Crippen LogP contribution is 2.19. The van der Waals surface area contributed by atoms with Crippen molar-refractivity contribution in [1.82, 2.24) is 5.32 Å². The van der Waals surface area contributed by atoms with Gasteiger partial charge in [0.25, 0.3) is 0 Å². The van der Waals surface area contributed by atoms with E-state index >= 15 is 0 Å². The van der Waals surface area contributed by atoms with Crippen molar-refractivity contribution in [2.45, 2.75) is 38.3 Å². The number of ether oxygens (including phenoxy) is 1. The van der Waals surface area contributed by atoms with E-state index in [0.717, 1.165) is 19.4 Å². The van der Waals surface area contributed by atoms with E-state index in [2.05, 4.69) is 5.32 Å². The first-order valence-electron chi connectivity index (χ1n) is 7.38. The van der Waals surface area contributed by atoms with E-state index in [1.165, 1.54) is 12.1 Å². The number of rotatable bonds is 5. The summed E-state index contributed by atoms with van der Waals surface area (Å²) in [5.41, 5.74) is 0.651. The van der Waals surface area contributed by atoms with Gasteiger partial charge in [-0.15, -0.1) is 0 Å². The smallest absolute Gasteiger partial charge is 0.225 e. The van der Waals surface area contributed by atoms with Crippen LogP contribution in [0.5, 0.6) is 0 Å². The molecule has 4 nitrogen and oxygen atoms in total. The number of amides is 1. The molecule has 2 N–H and O–H groups in total. The van der Waals surface area contributed by atoms with Crippen LogP contribution in [0.3, 0.4) is 0 Å². The van der Waals surface area contributed by atoms with Crippen LogP contribution in [-0.2, 0) is 9.53 Å². The van der Waals surface area contributed by atoms with Crippen molar-refractivity contribution in [3.63, 3.8) is 0 Å². The molecule has 2 rings (SSSR count). The number of nitrogens with one attached hydrogen (secondary N) is 1. The topological polar surface area (TPSA) is 58.6 Å². The van der Waals surface area contributed by atoms with Crippen molar-refractivity contribution >= 4 is 5.91 Å². The third kappa shape index (κ3) is 4.79. The maximum absolute atomic E-state index is 12.8. The summed E-state index contributed by atoms with van der Waals surface area (Å²) in [6.07, 6.45) is 1.43. The Labute approximate surface area is 124 Å². The van der Waals surface area contributed by atoms with Crippen LogP contribution in [0.15, 0.2) is 24.3 Å². The average Bonchev–Trinajstić information content (AvgIpc) is 2.48. The normalized spacial score (nSPS) is 21.6. The molecule has 1 aliphatic rings. The van der Waals surface area contributed by atoms with Crippen molar-refractivity contribution < 1.29 is 19.0 Å². The fourth-order valence-electron chi connectivity index (χ4n) is 2.52. The lowest BCUT2D eigenvalue weighted by molar-refractivity contribution is -0.129. The first kappa shape index (κ1) is 15.9. The quantitative estimate of drug-likeness (QED) is 0.875. The summed E-state index contributed by atoms with van der Waals surface area (Å²) < 4.78 is 18.1. The highest BCUT2D eigenvalue weighted by Gasteiger charge is 2.23. The molecule has 0 radical (unpaired) electrons. The van der Waals surface area contributed by atoms with Gasteiger partial charge in [0, 0.05) is 12.6 Å². The van der Waals surface area contributed by atoms with E-state index in [0.29, 0.717) is 18.6 Å². The fourth-order valence-corrected chi connectivity index (χ4v) is 2.52. The molecule has 1 saturated heterocycles. The van der Waals surface area contributed by atoms with Crippen LogP contribution in [0.4, 0.5) is 4.39 Å². The molecule has 0 spiro atoms. The molecule has 0 aromatic heterocycles. The van der Waals surface area contributed by atoms with Crippen LogP contribution >= 0.6 is 0 Å². The summed E-state index contributed by atoms with van der Waals surface area (Å²) in [7, 11) is 0. The van der Waals surface area contributed by atoms with Gasteiger partial charge in [-0.25, -0.2) is 4.39 Å². The summed E-state index contributed by atoms with van der Waals surface area (Å²) in [6, 6.07) is 5.61. The van der Waals surface area contributed by atoms with Gasteiger partial charge in [0.05, 0.1) is 18.6 Å². The molecule has 1 heterocycles. The minimum absolute atomic E-state index is 0.0199. The Morgan fingerprint density at radius 3 is 2.81 bits per heavy atom. The fraction of sp³-hybridized carbons (Fsp3) is 0.562. The Bertz CT molecular complexity index is 457. The molecule has 0 saturated carbocycles. The third-order valence-electron chi connectivity index (χ3n) is 3.75. The van der Waals surface area contributed by atoms with E-state index in [-0.39, 0.29) is 23.7 Å². The Morgan fingerprint density at radius 1 is 1.48 bits per heavy atom. The molecule has 21 heavy (non-hydrogen) atoms. The Morgan fingerprint density at radius 2 is 2.19 bits per heavy atom. The first-order chi connectivity index (χ1) is 10.1. The van der Waals surface area contributed by atoms with Crippen molar-refractivity contribution in [1.29, 1.82) is 0 Å². The molecular formula is C16H22FNO3. The monoisotopic (exact) mass is 295 g/mol. The van der Waals surface area contributed by atoms with Gasteiger partial charge in [-0.3, -0.25) is 4.79 Å². The lowest BCUT2D eigenvalue weighted by Gasteiger charge is -2.24. The highest BCUT2D eigenvalue weighted by atomic mass is 19.1. The number of hydrogen-bond acceptors (Lipinski definition) is 3. The highest BCUT2D eigenvalue weighted by molar-refractivity contribution is 5.79. The molecule has 116 valence electrons. The van der Waals surface area contributed by atoms with Gasteiger partial charge in [0.15, 0.2) is 0 Å². The zero-order chi connectivity index (χ0) is 15.2. The van der Waals surface area contributed by atoms with Gasteiger partial charge in [-0.05, 0) is 43.9 Å². The zero-order valence-electron chi connectivity index (χ0n) is 12.2. The summed E-state index contributed by atoms with van der Waals surface area (Å²) in [5.74, 6) is -0.442. The number of aliphatic hydroxyl groups is 1. The van der Waals surface area contributed by atoms with E-state index in [4.69, 9.17) is 4.74 Å². The van der Waals surface area contributed by atoms with Gasteiger partial charge in [0.1, 0.15) is 5.82 Å². The van der Waals surface area contributed by atoms with Crippen molar-refractivity contribution in [3.8, 4) is 0 Å². The molecule has 1 aromatic carbocycles. The molecule has 3 atom stereocenters. The van der Waals surface area contributed by atoms with E-state index in [1.807, 2.05) is 6.92 Å². The second-order valence-electron chi connectivity index (χ2n) is 5.63. The molecule has 1 amide bonds. The van der Waals surface area contributed by atoms with Crippen LogP contribution in [0.2, 0.25) is 0 Å². The van der Waals surface area contributed by atoms with Crippen LogP contribution in [0, 0.1) is 11.7 Å². The second-order valence-corrected chi connectivity index (χ2v) is 5.63. The Balaban J connectivity index is 1.81. The number of carbonyl (C=O) groups is 1. The number of hydrogen-bond donors (Lipinski definition) is 2. The maximum Gasteiger partial charge on any atom is 0.225 e. The lowest BCUT2D eigenvalue weighted by Crippen LogP contribution is -2.40. The SMILES string of the molecule is CC(CC(O)c1ccc(F)cc1)NC(=O)C1CCCOC1. The van der Waals surface area contributed by atoms with Gasteiger partial charge in [-0.2, -0.15) is 0 Å². The number of halogens is 1. The van der Waals surface area contributed by atoms with Crippen molar-refractivity contribution in [3.05, 3.63) is 35.6 Å². The average molecular weight is 295 g/mol. The van der Waals surface area contributed by atoms with E-state index in [9.17, 15) is 14.3 Å². The summed E-state index contributed by atoms with van der Waals surface area (Å²) in [4.78, 5) is 12.0. The lowest BCUT2D eigenvalue weighted by atomic mass is 9.99. The predicted octanol–water partition coefficient (Wildman–Crippen LogP) is 2.18. The minimum Gasteiger partial charge on any atom is -0.388 e. The number of carbonyl (C=O) groups excluding carboxylic acids is 1. The van der Waals surface area contributed by atoms with Gasteiger partial charge in [-0.1, -0.05) is 12.1 Å². The van der Waals surface area contributed by atoms with Crippen molar-refractivity contribution in [2.24, 2.45) is 5.92 Å². The Kier molecular flexibility index (Phi) is 5.70. The van der Waals surface area contributed by atoms with Crippen LogP contribution < -0.4 is 5.32 Å². The zero-order valence-corrected chi connectivity index (χ0v) is 12.2. The number of benzene rings is 1. The van der Waals surface area contributed by atoms with Gasteiger partial charge in [0.2, 0.25) is 5.91 Å². The summed E-state index contributed by atoms with van der Waals surface area (Å²) in [6.45, 7) is 3.05. The molecule has 0 aliphatic carbocycles. The van der Waals surface area contributed by atoms with Gasteiger partial charge < -0.3 is 15.2 Å². The molecule has 1 aromatic rings. The standard InChI is InChI=1S/C16H22FNO3/c1-11(18-16(20)13-3-2-8-21-10-13)9-15(19)12-4-6-14(17)7-5-12/h4-7,11,13,15,19H,2-3,8-10H2,1H3,(H,18,20). The largest absolute Gasteiger partial charge is 0.388 e. The minimum atomic E-state index is -0.719. The first-order valence-corrected chi connectivity index (χ1v) is 7.38. The number of aliphatic hydroxyl groups excluding tert-OH is 1. The predicted molar refractivity (Wildman–Crippen MR) is 77.1 cm³/mol. The molecule has 5 heteroatoms. The van der Waals surface area contributed by atoms with E-state index in [1.54, 1.807) is 12.1 Å². The molecular weight excluding hydrogens is 273 g/mol. The third-order valence-corrected chi connectivity index (χ3v) is 3.75.